The highest BCUT2D eigenvalue weighted by Crippen LogP contribution is 2.43. The number of carbonyl (C=O) groups is 1. The van der Waals surface area contributed by atoms with E-state index in [1.165, 1.54) is 31.2 Å². The van der Waals surface area contributed by atoms with Crippen molar-refractivity contribution in [1.29, 1.82) is 0 Å². The molecule has 3 N–H and O–H groups in total. The molecule has 3 rings (SSSR count). The molecule has 1 atom stereocenters. The first kappa shape index (κ1) is 12.7. The van der Waals surface area contributed by atoms with E-state index in [0.29, 0.717) is 12.0 Å². The zero-order valence-corrected chi connectivity index (χ0v) is 11.3. The van der Waals surface area contributed by atoms with Gasteiger partial charge in [0.25, 0.3) is 0 Å². The Bertz CT molecular complexity index is 462. The summed E-state index contributed by atoms with van der Waals surface area (Å²) in [4.78, 5) is 11.8. The van der Waals surface area contributed by atoms with E-state index < -0.39 is 0 Å². The van der Waals surface area contributed by atoms with Gasteiger partial charge < -0.3 is 5.73 Å². The molecule has 0 bridgehead atoms. The summed E-state index contributed by atoms with van der Waals surface area (Å²) in [6.07, 6.45) is 7.32. The Morgan fingerprint density at radius 2 is 1.84 bits per heavy atom. The molecule has 19 heavy (non-hydrogen) atoms. The second-order valence-electron chi connectivity index (χ2n) is 5.89. The highest BCUT2D eigenvalue weighted by atomic mass is 16.1. The molecule has 0 heterocycles. The molecule has 102 valence electrons. The van der Waals surface area contributed by atoms with Gasteiger partial charge in [0.05, 0.1) is 0 Å². The molecule has 3 nitrogen and oxygen atoms in total. The van der Waals surface area contributed by atoms with E-state index in [9.17, 15) is 4.79 Å². The number of hydrogen-bond acceptors (Lipinski definition) is 2. The minimum atomic E-state index is -0.320. The molecule has 0 saturated heterocycles. The van der Waals surface area contributed by atoms with E-state index in [0.717, 1.165) is 18.4 Å². The topological polar surface area (TPSA) is 55.1 Å². The Hall–Kier alpha value is -1.35. The molecule has 1 aromatic carbocycles. The van der Waals surface area contributed by atoms with Crippen LogP contribution in [0.5, 0.6) is 0 Å². The first-order valence-electron chi connectivity index (χ1n) is 7.40. The predicted molar refractivity (Wildman–Crippen MR) is 75.7 cm³/mol. The van der Waals surface area contributed by atoms with Gasteiger partial charge in [0.2, 0.25) is 5.91 Å². The van der Waals surface area contributed by atoms with Crippen LogP contribution < -0.4 is 11.1 Å². The van der Waals surface area contributed by atoms with E-state index in [2.05, 4.69) is 23.5 Å². The van der Waals surface area contributed by atoms with Crippen molar-refractivity contribution in [3.63, 3.8) is 0 Å². The molecule has 1 aromatic rings. The smallest absolute Gasteiger partial charge is 0.239 e. The zero-order valence-electron chi connectivity index (χ0n) is 11.3. The third kappa shape index (κ3) is 2.81. The maximum Gasteiger partial charge on any atom is 0.239 e. The lowest BCUT2D eigenvalue weighted by molar-refractivity contribution is -0.120. The average Bonchev–Trinajstić information content (AvgIpc) is 3.13. The summed E-state index contributed by atoms with van der Waals surface area (Å²) >= 11 is 0. The largest absolute Gasteiger partial charge is 0.368 e. The van der Waals surface area contributed by atoms with Crippen molar-refractivity contribution >= 4 is 5.91 Å². The number of nitrogens with two attached hydrogens (primary N) is 1. The van der Waals surface area contributed by atoms with Crippen LogP contribution in [0.4, 0.5) is 0 Å². The van der Waals surface area contributed by atoms with Crippen LogP contribution in [0.25, 0.3) is 0 Å². The number of primary amides is 1. The monoisotopic (exact) mass is 258 g/mol. The Labute approximate surface area is 114 Å². The Kier molecular flexibility index (Phi) is 3.56. The fourth-order valence-electron chi connectivity index (χ4n) is 3.19. The van der Waals surface area contributed by atoms with Crippen LogP contribution in [0.3, 0.4) is 0 Å². The number of nitrogens with one attached hydrogen (secondary N) is 1. The van der Waals surface area contributed by atoms with Crippen LogP contribution in [0.15, 0.2) is 24.3 Å². The van der Waals surface area contributed by atoms with E-state index >= 15 is 0 Å². The van der Waals surface area contributed by atoms with E-state index in [4.69, 9.17) is 5.73 Å². The lowest BCUT2D eigenvalue weighted by Gasteiger charge is -2.23. The maximum absolute atomic E-state index is 11.8. The number of rotatable bonds is 5. The minimum absolute atomic E-state index is 0.250. The van der Waals surface area contributed by atoms with Gasteiger partial charge in [-0.3, -0.25) is 10.1 Å². The predicted octanol–water partition coefficient (Wildman–Crippen LogP) is 2.62. The normalized spacial score (nSPS) is 21.5. The van der Waals surface area contributed by atoms with Crippen LogP contribution in [-0.2, 0) is 4.79 Å². The quantitative estimate of drug-likeness (QED) is 0.853. The van der Waals surface area contributed by atoms with Crippen molar-refractivity contribution in [3.8, 4) is 0 Å². The van der Waals surface area contributed by atoms with E-state index in [1.54, 1.807) is 0 Å². The third-order valence-electron chi connectivity index (χ3n) is 4.37. The fourth-order valence-corrected chi connectivity index (χ4v) is 3.19. The van der Waals surface area contributed by atoms with Gasteiger partial charge in [0, 0.05) is 6.04 Å². The molecule has 2 aliphatic rings. The lowest BCUT2D eigenvalue weighted by atomic mass is 9.96. The molecular formula is C16H22N2O. The van der Waals surface area contributed by atoms with Gasteiger partial charge in [0.1, 0.15) is 6.04 Å². The molecule has 2 aliphatic carbocycles. The summed E-state index contributed by atoms with van der Waals surface area (Å²) in [6.45, 7) is 0. The van der Waals surface area contributed by atoms with Crippen molar-refractivity contribution in [2.45, 2.75) is 56.5 Å². The van der Waals surface area contributed by atoms with Crippen molar-refractivity contribution in [2.75, 3.05) is 0 Å². The van der Waals surface area contributed by atoms with Crippen LogP contribution in [0, 0.1) is 0 Å². The van der Waals surface area contributed by atoms with Gasteiger partial charge in [-0.25, -0.2) is 0 Å². The molecule has 0 spiro atoms. The minimum Gasteiger partial charge on any atom is -0.368 e. The Morgan fingerprint density at radius 1 is 1.16 bits per heavy atom. The number of amides is 1. The molecule has 1 amide bonds. The summed E-state index contributed by atoms with van der Waals surface area (Å²) in [7, 11) is 0. The standard InChI is InChI=1S/C16H22N2O/c17-16(19)15(18-12-5-1-2-6-12)14-8-4-3-7-13(14)11-9-10-11/h3-4,7-8,11-12,15,18H,1-2,5-6,9-10H2,(H2,17,19). The van der Waals surface area contributed by atoms with Gasteiger partial charge in [-0.05, 0) is 42.7 Å². The summed E-state index contributed by atoms with van der Waals surface area (Å²) in [5, 5.41) is 3.48. The van der Waals surface area contributed by atoms with Crippen molar-refractivity contribution in [2.24, 2.45) is 5.73 Å². The first-order valence-corrected chi connectivity index (χ1v) is 7.40. The van der Waals surface area contributed by atoms with Gasteiger partial charge in [-0.2, -0.15) is 0 Å². The summed E-state index contributed by atoms with van der Waals surface area (Å²) in [5.74, 6) is 0.392. The van der Waals surface area contributed by atoms with Gasteiger partial charge in [-0.15, -0.1) is 0 Å². The molecule has 0 aliphatic heterocycles. The van der Waals surface area contributed by atoms with Crippen molar-refractivity contribution in [1.82, 2.24) is 5.32 Å². The fraction of sp³-hybridized carbons (Fsp3) is 0.562. The summed E-state index contributed by atoms with van der Waals surface area (Å²) in [5.41, 5.74) is 8.05. The molecule has 2 fully saturated rings. The highest BCUT2D eigenvalue weighted by molar-refractivity contribution is 5.82. The van der Waals surface area contributed by atoms with Crippen LogP contribution in [0.1, 0.15) is 61.6 Å². The molecule has 3 heteroatoms. The number of benzene rings is 1. The molecule has 0 radical (unpaired) electrons. The highest BCUT2D eigenvalue weighted by Gasteiger charge is 2.31. The lowest BCUT2D eigenvalue weighted by Crippen LogP contribution is -2.39. The second-order valence-corrected chi connectivity index (χ2v) is 5.89. The van der Waals surface area contributed by atoms with Crippen LogP contribution in [0.2, 0.25) is 0 Å². The maximum atomic E-state index is 11.8. The van der Waals surface area contributed by atoms with E-state index in [1.807, 2.05) is 6.07 Å². The van der Waals surface area contributed by atoms with Crippen LogP contribution >= 0.6 is 0 Å². The summed E-state index contributed by atoms with van der Waals surface area (Å²) in [6, 6.07) is 8.41. The van der Waals surface area contributed by atoms with Crippen molar-refractivity contribution < 1.29 is 4.79 Å². The number of carbonyl (C=O) groups excluding carboxylic acids is 1. The average molecular weight is 258 g/mol. The van der Waals surface area contributed by atoms with Gasteiger partial charge in [0.15, 0.2) is 0 Å². The molecular weight excluding hydrogens is 236 g/mol. The zero-order chi connectivity index (χ0) is 13.2. The van der Waals surface area contributed by atoms with E-state index in [-0.39, 0.29) is 11.9 Å². The molecule has 0 aromatic heterocycles. The summed E-state index contributed by atoms with van der Waals surface area (Å²) < 4.78 is 0. The third-order valence-corrected chi connectivity index (χ3v) is 4.37. The first-order chi connectivity index (χ1) is 9.25. The van der Waals surface area contributed by atoms with Gasteiger partial charge >= 0.3 is 0 Å². The van der Waals surface area contributed by atoms with Crippen LogP contribution in [-0.4, -0.2) is 11.9 Å². The van der Waals surface area contributed by atoms with Crippen molar-refractivity contribution in [3.05, 3.63) is 35.4 Å². The molecule has 1 unspecified atom stereocenters. The van der Waals surface area contributed by atoms with Gasteiger partial charge in [-0.1, -0.05) is 37.1 Å². The SMILES string of the molecule is NC(=O)C(NC1CCCC1)c1ccccc1C1CC1. The number of hydrogen-bond donors (Lipinski definition) is 2. The second kappa shape index (κ2) is 5.33. The Morgan fingerprint density at radius 3 is 2.47 bits per heavy atom. The Balaban J connectivity index is 1.84. The molecule has 2 saturated carbocycles.